The van der Waals surface area contributed by atoms with E-state index < -0.39 is 5.54 Å². The summed E-state index contributed by atoms with van der Waals surface area (Å²) in [6.45, 7) is 16.4. The van der Waals surface area contributed by atoms with Crippen LogP contribution in [0.25, 0.3) is 0 Å². The van der Waals surface area contributed by atoms with Crippen LogP contribution < -0.4 is 0 Å². The first-order valence-corrected chi connectivity index (χ1v) is 8.82. The number of ether oxygens (including phenoxy) is 1. The molecule has 0 aliphatic carbocycles. The highest BCUT2D eigenvalue weighted by Crippen LogP contribution is 2.34. The SMILES string of the molecule is C=C(C)C(CCCC(C)(C)Br)(CCOC(C)(C)Br)N=O.C=O. The van der Waals surface area contributed by atoms with Gasteiger partial charge >= 0.3 is 0 Å². The molecule has 4 nitrogen and oxygen atoms in total. The Labute approximate surface area is 151 Å². The number of hydrogen-bond acceptors (Lipinski definition) is 4. The molecule has 0 heterocycles. The van der Waals surface area contributed by atoms with E-state index in [2.05, 4.69) is 57.5 Å². The van der Waals surface area contributed by atoms with Gasteiger partial charge in [-0.3, -0.25) is 0 Å². The van der Waals surface area contributed by atoms with E-state index in [0.29, 0.717) is 19.4 Å². The molecule has 0 aromatic heterocycles. The second-order valence-electron chi connectivity index (χ2n) is 6.44. The van der Waals surface area contributed by atoms with Crippen molar-refractivity contribution in [2.75, 3.05) is 6.61 Å². The Morgan fingerprint density at radius 1 is 1.09 bits per heavy atom. The summed E-state index contributed by atoms with van der Waals surface area (Å²) in [5.41, 5.74) is 0.104. The van der Waals surface area contributed by atoms with Crippen molar-refractivity contribution < 1.29 is 9.53 Å². The van der Waals surface area contributed by atoms with E-state index >= 15 is 0 Å². The normalized spacial score (nSPS) is 14.5. The first kappa shape index (κ1) is 24.2. The lowest BCUT2D eigenvalue weighted by Crippen LogP contribution is -2.31. The minimum absolute atomic E-state index is 0.0883. The fourth-order valence-corrected chi connectivity index (χ4v) is 2.43. The molecule has 0 spiro atoms. The van der Waals surface area contributed by atoms with E-state index in [1.54, 1.807) is 0 Å². The third-order valence-corrected chi connectivity index (χ3v) is 3.92. The van der Waals surface area contributed by atoms with E-state index in [0.717, 1.165) is 18.4 Å². The van der Waals surface area contributed by atoms with Crippen molar-refractivity contribution in [3.05, 3.63) is 17.1 Å². The average molecular weight is 443 g/mol. The minimum atomic E-state index is -0.712. The largest absolute Gasteiger partial charge is 0.364 e. The Morgan fingerprint density at radius 2 is 1.59 bits per heavy atom. The highest BCUT2D eigenvalue weighted by atomic mass is 79.9. The fraction of sp³-hybridized carbons (Fsp3) is 0.812. The number of rotatable bonds is 10. The van der Waals surface area contributed by atoms with Gasteiger partial charge in [0.2, 0.25) is 0 Å². The number of halogens is 2. The van der Waals surface area contributed by atoms with Crippen molar-refractivity contribution >= 4 is 38.6 Å². The Balaban J connectivity index is 0. The summed E-state index contributed by atoms with van der Waals surface area (Å²) in [6.07, 6.45) is 3.20. The molecule has 0 saturated heterocycles. The van der Waals surface area contributed by atoms with E-state index in [4.69, 9.17) is 9.53 Å². The molecule has 0 aromatic carbocycles. The van der Waals surface area contributed by atoms with Crippen molar-refractivity contribution in [2.24, 2.45) is 5.18 Å². The molecule has 0 aliphatic rings. The number of nitroso groups, excluding NO2 is 1. The standard InChI is InChI=1S/C15H27Br2NO2.CH2O/c1-12(2)15(18-19,9-7-8-13(3,4)16)10-11-20-14(5,6)17;1-2/h1,7-11H2,2-6H3;1H2. The molecule has 130 valence electrons. The summed E-state index contributed by atoms with van der Waals surface area (Å²) in [5.74, 6) is 0. The summed E-state index contributed by atoms with van der Waals surface area (Å²) in [7, 11) is 0. The van der Waals surface area contributed by atoms with Crippen molar-refractivity contribution in [1.29, 1.82) is 0 Å². The molecule has 0 bridgehead atoms. The highest BCUT2D eigenvalue weighted by Gasteiger charge is 2.33. The van der Waals surface area contributed by atoms with Crippen molar-refractivity contribution in [2.45, 2.75) is 74.7 Å². The summed E-state index contributed by atoms with van der Waals surface area (Å²) >= 11 is 7.05. The van der Waals surface area contributed by atoms with Crippen LogP contribution in [-0.2, 0) is 9.53 Å². The molecule has 1 atom stereocenters. The Morgan fingerprint density at radius 3 is 1.91 bits per heavy atom. The first-order valence-electron chi connectivity index (χ1n) is 7.23. The fourth-order valence-electron chi connectivity index (χ4n) is 1.98. The van der Waals surface area contributed by atoms with Gasteiger partial charge in [0.1, 0.15) is 16.8 Å². The Kier molecular flexibility index (Phi) is 11.7. The first-order chi connectivity index (χ1) is 9.92. The maximum Gasteiger partial charge on any atom is 0.125 e. The minimum Gasteiger partial charge on any atom is -0.364 e. The van der Waals surface area contributed by atoms with Gasteiger partial charge in [-0.05, 0) is 45.6 Å². The molecular weight excluding hydrogens is 414 g/mol. The van der Waals surface area contributed by atoms with Gasteiger partial charge in [-0.15, -0.1) is 4.91 Å². The molecule has 0 aliphatic heterocycles. The van der Waals surface area contributed by atoms with Crippen molar-refractivity contribution in [1.82, 2.24) is 0 Å². The zero-order valence-corrected chi connectivity index (χ0v) is 17.5. The lowest BCUT2D eigenvalue weighted by Gasteiger charge is -2.29. The van der Waals surface area contributed by atoms with Gasteiger partial charge < -0.3 is 9.53 Å². The van der Waals surface area contributed by atoms with Crippen LogP contribution in [-0.4, -0.2) is 27.8 Å². The topological polar surface area (TPSA) is 55.7 Å². The van der Waals surface area contributed by atoms with Gasteiger partial charge in [-0.25, -0.2) is 0 Å². The van der Waals surface area contributed by atoms with Crippen molar-refractivity contribution in [3.8, 4) is 0 Å². The van der Waals surface area contributed by atoms with Crippen LogP contribution in [0.3, 0.4) is 0 Å². The van der Waals surface area contributed by atoms with Crippen LogP contribution in [0.5, 0.6) is 0 Å². The molecule has 0 rings (SSSR count). The van der Waals surface area contributed by atoms with Crippen LogP contribution >= 0.6 is 31.9 Å². The Hall–Kier alpha value is -0.0700. The molecule has 1 unspecified atom stereocenters. The van der Waals surface area contributed by atoms with Gasteiger partial charge in [0, 0.05) is 10.7 Å². The van der Waals surface area contributed by atoms with Crippen LogP contribution in [0.2, 0.25) is 0 Å². The quantitative estimate of drug-likeness (QED) is 0.245. The third-order valence-electron chi connectivity index (χ3n) is 3.29. The molecule has 0 aromatic rings. The summed E-state index contributed by atoms with van der Waals surface area (Å²) in [6, 6.07) is 0. The van der Waals surface area contributed by atoms with E-state index in [9.17, 15) is 4.91 Å². The van der Waals surface area contributed by atoms with E-state index in [1.807, 2.05) is 27.6 Å². The van der Waals surface area contributed by atoms with Gasteiger partial charge in [0.25, 0.3) is 0 Å². The molecule has 6 heteroatoms. The molecule has 0 N–H and O–H groups in total. The number of carbonyl (C=O) groups excluding carboxylic acids is 1. The van der Waals surface area contributed by atoms with Gasteiger partial charge in [-0.2, -0.15) is 0 Å². The maximum absolute atomic E-state index is 11.4. The molecule has 0 radical (unpaired) electrons. The predicted octanol–water partition coefficient (Wildman–Crippen LogP) is 5.76. The summed E-state index contributed by atoms with van der Waals surface area (Å²) in [4.78, 5) is 19.4. The van der Waals surface area contributed by atoms with Crippen LogP contribution in [0.15, 0.2) is 17.3 Å². The van der Waals surface area contributed by atoms with Crippen LogP contribution in [0.1, 0.15) is 60.3 Å². The third kappa shape index (κ3) is 11.5. The molecule has 0 saturated carbocycles. The van der Waals surface area contributed by atoms with E-state index in [1.165, 1.54) is 0 Å². The number of nitrogens with zero attached hydrogens (tertiary/aromatic N) is 1. The summed E-state index contributed by atoms with van der Waals surface area (Å²) < 4.78 is 5.36. The predicted molar refractivity (Wildman–Crippen MR) is 101 cm³/mol. The lowest BCUT2D eigenvalue weighted by molar-refractivity contribution is -0.0979. The van der Waals surface area contributed by atoms with Crippen LogP contribution in [0.4, 0.5) is 0 Å². The molecular formula is C16H29Br2NO3. The Bertz CT molecular complexity index is 326. The molecule has 0 fully saturated rings. The monoisotopic (exact) mass is 441 g/mol. The zero-order chi connectivity index (χ0) is 18.0. The second-order valence-corrected chi connectivity index (χ2v) is 10.5. The van der Waals surface area contributed by atoms with Gasteiger partial charge in [-0.1, -0.05) is 57.5 Å². The van der Waals surface area contributed by atoms with Crippen molar-refractivity contribution in [3.63, 3.8) is 0 Å². The summed E-state index contributed by atoms with van der Waals surface area (Å²) in [5, 5.41) is 3.40. The number of carbonyl (C=O) groups is 1. The zero-order valence-electron chi connectivity index (χ0n) is 14.4. The maximum atomic E-state index is 11.4. The van der Waals surface area contributed by atoms with Crippen LogP contribution in [0, 0.1) is 4.91 Å². The van der Waals surface area contributed by atoms with Gasteiger partial charge in [0.15, 0.2) is 0 Å². The number of alkyl halides is 2. The second kappa shape index (κ2) is 10.7. The average Bonchev–Trinajstić information content (AvgIpc) is 2.36. The molecule has 22 heavy (non-hydrogen) atoms. The molecule has 0 amide bonds. The number of hydrogen-bond donors (Lipinski definition) is 0. The smallest absolute Gasteiger partial charge is 0.125 e. The van der Waals surface area contributed by atoms with Gasteiger partial charge in [0.05, 0.1) is 6.61 Å². The highest BCUT2D eigenvalue weighted by molar-refractivity contribution is 9.10. The van der Waals surface area contributed by atoms with E-state index in [-0.39, 0.29) is 8.83 Å². The lowest BCUT2D eigenvalue weighted by atomic mass is 9.83.